The maximum Gasteiger partial charge on any atom is 0.127 e. The van der Waals surface area contributed by atoms with E-state index in [1.807, 2.05) is 24.3 Å². The fourth-order valence-electron chi connectivity index (χ4n) is 2.04. The monoisotopic (exact) mass is 255 g/mol. The van der Waals surface area contributed by atoms with Gasteiger partial charge in [0.1, 0.15) is 11.5 Å². The zero-order valence-electron chi connectivity index (χ0n) is 11.4. The van der Waals surface area contributed by atoms with Crippen LogP contribution in [-0.2, 0) is 12.8 Å². The standard InChI is InChI=1S/C17H21NO/c1-2-3-14-4-8-16(9-5-14)19-17-10-6-15(7-11-17)12-13-18/h4-11H,2-3,12-13,18H2,1H3. The van der Waals surface area contributed by atoms with Gasteiger partial charge in [-0.2, -0.15) is 0 Å². The average molecular weight is 255 g/mol. The Morgan fingerprint density at radius 3 is 1.68 bits per heavy atom. The number of hydrogen-bond acceptors (Lipinski definition) is 2. The Labute approximate surface area is 115 Å². The maximum atomic E-state index is 5.81. The molecule has 0 saturated heterocycles. The number of nitrogens with two attached hydrogens (primary N) is 1. The number of rotatable bonds is 6. The molecular formula is C17H21NO. The number of benzene rings is 2. The quantitative estimate of drug-likeness (QED) is 0.848. The summed E-state index contributed by atoms with van der Waals surface area (Å²) >= 11 is 0. The van der Waals surface area contributed by atoms with E-state index in [0.29, 0.717) is 6.54 Å². The SMILES string of the molecule is CCCc1ccc(Oc2ccc(CCN)cc2)cc1. The first kappa shape index (κ1) is 13.6. The van der Waals surface area contributed by atoms with E-state index in [1.165, 1.54) is 17.5 Å². The molecule has 100 valence electrons. The lowest BCUT2D eigenvalue weighted by atomic mass is 10.1. The van der Waals surface area contributed by atoms with Crippen molar-refractivity contribution < 1.29 is 4.74 Å². The largest absolute Gasteiger partial charge is 0.457 e. The third-order valence-electron chi connectivity index (χ3n) is 3.05. The molecule has 2 rings (SSSR count). The van der Waals surface area contributed by atoms with Gasteiger partial charge >= 0.3 is 0 Å². The second-order valence-electron chi connectivity index (χ2n) is 4.68. The van der Waals surface area contributed by atoms with E-state index in [4.69, 9.17) is 10.5 Å². The minimum absolute atomic E-state index is 0.680. The molecule has 0 aliphatic rings. The van der Waals surface area contributed by atoms with Crippen LogP contribution < -0.4 is 10.5 Å². The molecule has 0 saturated carbocycles. The Morgan fingerprint density at radius 1 is 0.789 bits per heavy atom. The molecule has 0 fully saturated rings. The molecule has 0 atom stereocenters. The van der Waals surface area contributed by atoms with Crippen LogP contribution in [-0.4, -0.2) is 6.54 Å². The van der Waals surface area contributed by atoms with Gasteiger partial charge in [-0.1, -0.05) is 37.6 Å². The van der Waals surface area contributed by atoms with Crippen molar-refractivity contribution in [1.82, 2.24) is 0 Å². The minimum atomic E-state index is 0.680. The van der Waals surface area contributed by atoms with Crippen LogP contribution in [0.15, 0.2) is 48.5 Å². The minimum Gasteiger partial charge on any atom is -0.457 e. The first-order valence-electron chi connectivity index (χ1n) is 6.87. The summed E-state index contributed by atoms with van der Waals surface area (Å²) < 4.78 is 5.81. The van der Waals surface area contributed by atoms with Crippen molar-refractivity contribution >= 4 is 0 Å². The smallest absolute Gasteiger partial charge is 0.127 e. The molecule has 0 amide bonds. The van der Waals surface area contributed by atoms with E-state index in [1.54, 1.807) is 0 Å². The maximum absolute atomic E-state index is 5.81. The zero-order valence-corrected chi connectivity index (χ0v) is 11.4. The summed E-state index contributed by atoms with van der Waals surface area (Å²) in [6.45, 7) is 2.87. The first-order valence-corrected chi connectivity index (χ1v) is 6.87. The molecule has 19 heavy (non-hydrogen) atoms. The number of hydrogen-bond donors (Lipinski definition) is 1. The van der Waals surface area contributed by atoms with Gasteiger partial charge in [0.25, 0.3) is 0 Å². The van der Waals surface area contributed by atoms with Crippen molar-refractivity contribution in [2.45, 2.75) is 26.2 Å². The van der Waals surface area contributed by atoms with Crippen molar-refractivity contribution in [1.29, 1.82) is 0 Å². The number of aryl methyl sites for hydroxylation is 1. The van der Waals surface area contributed by atoms with E-state index in [-0.39, 0.29) is 0 Å². The Kier molecular flexibility index (Phi) is 4.99. The van der Waals surface area contributed by atoms with Crippen LogP contribution in [0.25, 0.3) is 0 Å². The second-order valence-corrected chi connectivity index (χ2v) is 4.68. The van der Waals surface area contributed by atoms with Crippen LogP contribution in [0.1, 0.15) is 24.5 Å². The molecule has 2 N–H and O–H groups in total. The highest BCUT2D eigenvalue weighted by molar-refractivity contribution is 5.34. The van der Waals surface area contributed by atoms with Crippen molar-refractivity contribution in [3.63, 3.8) is 0 Å². The van der Waals surface area contributed by atoms with Gasteiger partial charge in [0.15, 0.2) is 0 Å². The molecule has 0 unspecified atom stereocenters. The van der Waals surface area contributed by atoms with Gasteiger partial charge in [0.05, 0.1) is 0 Å². The molecule has 0 aliphatic heterocycles. The van der Waals surface area contributed by atoms with Crippen molar-refractivity contribution in [2.75, 3.05) is 6.54 Å². The third kappa shape index (κ3) is 4.11. The fraction of sp³-hybridized carbons (Fsp3) is 0.294. The highest BCUT2D eigenvalue weighted by atomic mass is 16.5. The second kappa shape index (κ2) is 6.95. The summed E-state index contributed by atoms with van der Waals surface area (Å²) in [5, 5.41) is 0. The molecule has 2 aromatic carbocycles. The van der Waals surface area contributed by atoms with Gasteiger partial charge in [0.2, 0.25) is 0 Å². The Balaban J connectivity index is 1.99. The van der Waals surface area contributed by atoms with Gasteiger partial charge in [-0.25, -0.2) is 0 Å². The predicted molar refractivity (Wildman–Crippen MR) is 79.7 cm³/mol. The molecule has 0 radical (unpaired) electrons. The lowest BCUT2D eigenvalue weighted by Gasteiger charge is -2.07. The van der Waals surface area contributed by atoms with E-state index in [0.717, 1.165) is 24.3 Å². The van der Waals surface area contributed by atoms with Gasteiger partial charge in [-0.3, -0.25) is 0 Å². The Bertz CT molecular complexity index is 440. The van der Waals surface area contributed by atoms with Crippen LogP contribution in [0.4, 0.5) is 0 Å². The average Bonchev–Trinajstić information content (AvgIpc) is 2.44. The van der Waals surface area contributed by atoms with Gasteiger partial charge in [0, 0.05) is 0 Å². The fourth-order valence-corrected chi connectivity index (χ4v) is 2.04. The van der Waals surface area contributed by atoms with E-state index in [2.05, 4.69) is 31.2 Å². The van der Waals surface area contributed by atoms with Crippen LogP contribution in [0, 0.1) is 0 Å². The van der Waals surface area contributed by atoms with Crippen LogP contribution in [0.2, 0.25) is 0 Å². The van der Waals surface area contributed by atoms with E-state index in [9.17, 15) is 0 Å². The topological polar surface area (TPSA) is 35.2 Å². The molecule has 0 aliphatic carbocycles. The summed E-state index contributed by atoms with van der Waals surface area (Å²) in [7, 11) is 0. The van der Waals surface area contributed by atoms with Gasteiger partial charge in [-0.15, -0.1) is 0 Å². The summed E-state index contributed by atoms with van der Waals surface area (Å²) in [5.41, 5.74) is 8.13. The summed E-state index contributed by atoms with van der Waals surface area (Å²) in [6.07, 6.45) is 3.20. The van der Waals surface area contributed by atoms with Gasteiger partial charge in [-0.05, 0) is 54.8 Å². The number of ether oxygens (including phenoxy) is 1. The van der Waals surface area contributed by atoms with Crippen LogP contribution in [0.3, 0.4) is 0 Å². The molecule has 2 heteroatoms. The van der Waals surface area contributed by atoms with E-state index < -0.39 is 0 Å². The van der Waals surface area contributed by atoms with Crippen LogP contribution in [0.5, 0.6) is 11.5 Å². The summed E-state index contributed by atoms with van der Waals surface area (Å²) in [6, 6.07) is 16.4. The highest BCUT2D eigenvalue weighted by Crippen LogP contribution is 2.22. The summed E-state index contributed by atoms with van der Waals surface area (Å²) in [5.74, 6) is 1.75. The Hall–Kier alpha value is -1.80. The molecule has 0 aromatic heterocycles. The molecular weight excluding hydrogens is 234 g/mol. The highest BCUT2D eigenvalue weighted by Gasteiger charge is 1.98. The third-order valence-corrected chi connectivity index (χ3v) is 3.05. The van der Waals surface area contributed by atoms with Crippen LogP contribution >= 0.6 is 0 Å². The van der Waals surface area contributed by atoms with Crippen molar-refractivity contribution in [3.05, 3.63) is 59.7 Å². The van der Waals surface area contributed by atoms with E-state index >= 15 is 0 Å². The Morgan fingerprint density at radius 2 is 1.26 bits per heavy atom. The zero-order chi connectivity index (χ0) is 13.5. The molecule has 2 nitrogen and oxygen atoms in total. The normalized spacial score (nSPS) is 10.4. The van der Waals surface area contributed by atoms with Crippen molar-refractivity contribution in [2.24, 2.45) is 5.73 Å². The van der Waals surface area contributed by atoms with Gasteiger partial charge < -0.3 is 10.5 Å². The molecule has 0 spiro atoms. The lowest BCUT2D eigenvalue weighted by molar-refractivity contribution is 0.482. The predicted octanol–water partition coefficient (Wildman–Crippen LogP) is 3.93. The first-order chi connectivity index (χ1) is 9.31. The lowest BCUT2D eigenvalue weighted by Crippen LogP contribution is -2.02. The molecule has 0 bridgehead atoms. The molecule has 2 aromatic rings. The molecule has 0 heterocycles. The summed E-state index contributed by atoms with van der Waals surface area (Å²) in [4.78, 5) is 0. The van der Waals surface area contributed by atoms with Crippen molar-refractivity contribution in [3.8, 4) is 11.5 Å².